The number of hydrogen-bond acceptors (Lipinski definition) is 4. The predicted octanol–water partition coefficient (Wildman–Crippen LogP) is -0.208. The lowest BCUT2D eigenvalue weighted by Crippen LogP contribution is -2.48. The van der Waals surface area contributed by atoms with Crippen LogP contribution in [0.5, 0.6) is 0 Å². The Morgan fingerprint density at radius 2 is 1.67 bits per heavy atom. The van der Waals surface area contributed by atoms with E-state index in [0.29, 0.717) is 0 Å². The van der Waals surface area contributed by atoms with Gasteiger partial charge in [-0.2, -0.15) is 0 Å². The van der Waals surface area contributed by atoms with Crippen molar-refractivity contribution in [3.8, 4) is 0 Å². The zero-order valence-electron chi connectivity index (χ0n) is 8.50. The lowest BCUT2D eigenvalue weighted by Gasteiger charge is -2.27. The van der Waals surface area contributed by atoms with E-state index in [9.17, 15) is 5.11 Å². The van der Waals surface area contributed by atoms with Gasteiger partial charge in [0.05, 0.1) is 24.9 Å². The van der Waals surface area contributed by atoms with E-state index in [2.05, 4.69) is 0 Å². The molecule has 0 heterocycles. The highest BCUT2D eigenvalue weighted by Crippen LogP contribution is 2.21. The van der Waals surface area contributed by atoms with Crippen LogP contribution in [0.15, 0.2) is 30.3 Å². The lowest BCUT2D eigenvalue weighted by atomic mass is 9.92. The molecule has 5 N–H and O–H groups in total. The van der Waals surface area contributed by atoms with E-state index in [1.807, 2.05) is 18.2 Å². The number of benzene rings is 1. The number of aliphatic hydroxyl groups excluding tert-OH is 3. The van der Waals surface area contributed by atoms with Crippen LogP contribution >= 0.6 is 0 Å². The third-order valence-corrected chi connectivity index (χ3v) is 2.41. The van der Waals surface area contributed by atoms with Crippen molar-refractivity contribution in [1.29, 1.82) is 0 Å². The van der Waals surface area contributed by atoms with Crippen LogP contribution in [0.1, 0.15) is 18.1 Å². The average molecular weight is 211 g/mol. The zero-order valence-corrected chi connectivity index (χ0v) is 8.50. The molecule has 0 amide bonds. The molecular formula is C11H17NO3. The second-order valence-corrected chi connectivity index (χ2v) is 3.81. The summed E-state index contributed by atoms with van der Waals surface area (Å²) in [7, 11) is 0. The third kappa shape index (κ3) is 3.28. The first-order chi connectivity index (χ1) is 7.11. The highest BCUT2D eigenvalue weighted by Gasteiger charge is 2.27. The van der Waals surface area contributed by atoms with Gasteiger partial charge in [-0.05, 0) is 12.0 Å². The number of hydrogen-bond donors (Lipinski definition) is 4. The summed E-state index contributed by atoms with van der Waals surface area (Å²) < 4.78 is 0. The highest BCUT2D eigenvalue weighted by molar-refractivity contribution is 5.18. The molecule has 1 aromatic carbocycles. The van der Waals surface area contributed by atoms with Gasteiger partial charge in [0.2, 0.25) is 0 Å². The van der Waals surface area contributed by atoms with Gasteiger partial charge in [0.1, 0.15) is 0 Å². The van der Waals surface area contributed by atoms with Crippen LogP contribution in [0.2, 0.25) is 0 Å². The van der Waals surface area contributed by atoms with Crippen LogP contribution in [0.25, 0.3) is 0 Å². The molecule has 4 nitrogen and oxygen atoms in total. The summed E-state index contributed by atoms with van der Waals surface area (Å²) in [6.07, 6.45) is -0.639. The molecule has 84 valence electrons. The van der Waals surface area contributed by atoms with Crippen LogP contribution in [-0.2, 0) is 0 Å². The topological polar surface area (TPSA) is 86.7 Å². The van der Waals surface area contributed by atoms with Crippen molar-refractivity contribution in [2.24, 2.45) is 5.73 Å². The minimum absolute atomic E-state index is 0.129. The molecule has 0 aliphatic heterocycles. The Balaban J connectivity index is 2.67. The smallest absolute Gasteiger partial charge is 0.0809 e. The van der Waals surface area contributed by atoms with Crippen molar-refractivity contribution in [1.82, 2.24) is 0 Å². The fraction of sp³-hybridized carbons (Fsp3) is 0.455. The van der Waals surface area contributed by atoms with E-state index >= 15 is 0 Å². The first kappa shape index (κ1) is 12.1. The molecule has 0 saturated carbocycles. The van der Waals surface area contributed by atoms with Crippen LogP contribution in [0.4, 0.5) is 0 Å². The van der Waals surface area contributed by atoms with Gasteiger partial charge in [-0.15, -0.1) is 0 Å². The van der Waals surface area contributed by atoms with Crippen molar-refractivity contribution < 1.29 is 15.3 Å². The maximum absolute atomic E-state index is 9.82. The Kier molecular flexibility index (Phi) is 4.23. The molecular weight excluding hydrogens is 194 g/mol. The summed E-state index contributed by atoms with van der Waals surface area (Å²) in [4.78, 5) is 0. The van der Waals surface area contributed by atoms with Crippen molar-refractivity contribution >= 4 is 0 Å². The molecule has 1 unspecified atom stereocenters. The van der Waals surface area contributed by atoms with Crippen LogP contribution < -0.4 is 5.73 Å². The standard InChI is InChI=1S/C11H17NO3/c12-11(7-13,8-14)6-10(15)9-4-2-1-3-5-9/h1-5,10,13-15H,6-8,12H2. The molecule has 1 aromatic rings. The molecule has 0 saturated heterocycles. The number of aliphatic hydroxyl groups is 3. The second-order valence-electron chi connectivity index (χ2n) is 3.81. The van der Waals surface area contributed by atoms with Crippen molar-refractivity contribution in [3.63, 3.8) is 0 Å². The van der Waals surface area contributed by atoms with Gasteiger partial charge in [0.25, 0.3) is 0 Å². The van der Waals surface area contributed by atoms with Crippen LogP contribution in [-0.4, -0.2) is 34.1 Å². The Bertz CT molecular complexity index is 285. The second kappa shape index (κ2) is 5.23. The van der Waals surface area contributed by atoms with E-state index in [-0.39, 0.29) is 19.6 Å². The van der Waals surface area contributed by atoms with Crippen molar-refractivity contribution in [3.05, 3.63) is 35.9 Å². The van der Waals surface area contributed by atoms with Gasteiger partial charge in [-0.1, -0.05) is 30.3 Å². The maximum atomic E-state index is 9.82. The first-order valence-electron chi connectivity index (χ1n) is 4.85. The lowest BCUT2D eigenvalue weighted by molar-refractivity contribution is 0.0618. The largest absolute Gasteiger partial charge is 0.394 e. The summed E-state index contributed by atoms with van der Waals surface area (Å²) in [6, 6.07) is 9.03. The average Bonchev–Trinajstić information content (AvgIpc) is 2.30. The fourth-order valence-corrected chi connectivity index (χ4v) is 1.36. The first-order valence-corrected chi connectivity index (χ1v) is 4.85. The molecule has 0 spiro atoms. The molecule has 0 fully saturated rings. The van der Waals surface area contributed by atoms with Gasteiger partial charge < -0.3 is 21.1 Å². The summed E-state index contributed by atoms with van der Waals surface area (Å²) >= 11 is 0. The normalized spacial score (nSPS) is 13.9. The monoisotopic (exact) mass is 211 g/mol. The van der Waals surface area contributed by atoms with Crippen molar-refractivity contribution in [2.75, 3.05) is 13.2 Å². The Morgan fingerprint density at radius 1 is 1.13 bits per heavy atom. The maximum Gasteiger partial charge on any atom is 0.0809 e. The molecule has 4 heteroatoms. The molecule has 0 aliphatic carbocycles. The molecule has 0 radical (unpaired) electrons. The fourth-order valence-electron chi connectivity index (χ4n) is 1.36. The zero-order chi connectivity index (χ0) is 11.3. The van der Waals surface area contributed by atoms with E-state index < -0.39 is 11.6 Å². The number of nitrogens with two attached hydrogens (primary N) is 1. The van der Waals surface area contributed by atoms with Gasteiger partial charge in [0, 0.05) is 0 Å². The molecule has 0 aliphatic rings. The summed E-state index contributed by atoms with van der Waals surface area (Å²) in [5, 5.41) is 27.8. The van der Waals surface area contributed by atoms with Gasteiger partial charge in [-0.3, -0.25) is 0 Å². The highest BCUT2D eigenvalue weighted by atomic mass is 16.3. The Morgan fingerprint density at radius 3 is 2.13 bits per heavy atom. The summed E-state index contributed by atoms with van der Waals surface area (Å²) in [6.45, 7) is -0.708. The molecule has 1 rings (SSSR count). The van der Waals surface area contributed by atoms with Gasteiger partial charge in [-0.25, -0.2) is 0 Å². The minimum Gasteiger partial charge on any atom is -0.394 e. The SMILES string of the molecule is NC(CO)(CO)CC(O)c1ccccc1. The summed E-state index contributed by atoms with van der Waals surface area (Å²) in [5.41, 5.74) is 5.28. The van der Waals surface area contributed by atoms with Gasteiger partial charge >= 0.3 is 0 Å². The predicted molar refractivity (Wildman–Crippen MR) is 57.1 cm³/mol. The van der Waals surface area contributed by atoms with E-state index in [1.165, 1.54) is 0 Å². The number of rotatable bonds is 5. The third-order valence-electron chi connectivity index (χ3n) is 2.41. The Labute approximate surface area is 89.0 Å². The van der Waals surface area contributed by atoms with E-state index in [1.54, 1.807) is 12.1 Å². The van der Waals surface area contributed by atoms with E-state index in [4.69, 9.17) is 15.9 Å². The van der Waals surface area contributed by atoms with Crippen LogP contribution in [0, 0.1) is 0 Å². The molecule has 1 atom stereocenters. The molecule has 0 aromatic heterocycles. The van der Waals surface area contributed by atoms with Crippen LogP contribution in [0.3, 0.4) is 0 Å². The summed E-state index contributed by atoms with van der Waals surface area (Å²) in [5.74, 6) is 0. The molecule has 0 bridgehead atoms. The Hall–Kier alpha value is -0.940. The quantitative estimate of drug-likeness (QED) is 0.543. The molecule has 15 heavy (non-hydrogen) atoms. The van der Waals surface area contributed by atoms with Crippen molar-refractivity contribution in [2.45, 2.75) is 18.1 Å². The minimum atomic E-state index is -1.13. The van der Waals surface area contributed by atoms with E-state index in [0.717, 1.165) is 5.56 Å². The van der Waals surface area contributed by atoms with Gasteiger partial charge in [0.15, 0.2) is 0 Å².